The molecule has 0 aliphatic carbocycles. The van der Waals surface area contributed by atoms with Crippen molar-refractivity contribution in [3.05, 3.63) is 42.1 Å². The lowest BCUT2D eigenvalue weighted by Gasteiger charge is -2.02. The van der Waals surface area contributed by atoms with Crippen molar-refractivity contribution in [2.75, 3.05) is 0 Å². The Balaban J connectivity index is 2.62. The first-order valence-electron chi connectivity index (χ1n) is 3.91. The van der Waals surface area contributed by atoms with Crippen LogP contribution in [-0.2, 0) is 0 Å². The van der Waals surface area contributed by atoms with Crippen molar-refractivity contribution in [2.24, 2.45) is 0 Å². The van der Waals surface area contributed by atoms with Crippen molar-refractivity contribution >= 4 is 38.4 Å². The second kappa shape index (κ2) is 3.64. The maximum absolute atomic E-state index is 5.86. The molecule has 2 aromatic rings. The number of aromatic nitrogens is 1. The Kier molecular flexibility index (Phi) is 2.51. The minimum absolute atomic E-state index is 0.211. The summed E-state index contributed by atoms with van der Waals surface area (Å²) in [6.45, 7) is 0. The molecule has 1 atom stereocenters. The molecule has 0 N–H and O–H groups in total. The first-order chi connectivity index (χ1) is 6.27. The second-order valence-electron chi connectivity index (χ2n) is 2.73. The van der Waals surface area contributed by atoms with E-state index in [1.54, 1.807) is 0 Å². The van der Waals surface area contributed by atoms with Crippen LogP contribution in [0.2, 0.25) is 0 Å². The van der Waals surface area contributed by atoms with Gasteiger partial charge >= 0.3 is 0 Å². The summed E-state index contributed by atoms with van der Waals surface area (Å²) in [6, 6.07) is 11.9. The maximum Gasteiger partial charge on any atom is 0.130 e. The lowest BCUT2D eigenvalue weighted by Crippen LogP contribution is -1.87. The van der Waals surface area contributed by atoms with E-state index in [0.29, 0.717) is 0 Å². The zero-order chi connectivity index (χ0) is 9.26. The molecule has 0 bridgehead atoms. The molecule has 3 heteroatoms. The second-order valence-corrected chi connectivity index (χ2v) is 4.61. The third-order valence-electron chi connectivity index (χ3n) is 1.84. The fourth-order valence-corrected chi connectivity index (χ4v) is 1.58. The molecule has 0 amide bonds. The van der Waals surface area contributed by atoms with Crippen LogP contribution in [0.4, 0.5) is 0 Å². The average Bonchev–Trinajstić information content (AvgIpc) is 2.17. The minimum Gasteiger partial charge on any atom is -0.250 e. The fourth-order valence-electron chi connectivity index (χ4n) is 1.20. The molecule has 1 heterocycles. The molecule has 0 fully saturated rings. The van der Waals surface area contributed by atoms with Gasteiger partial charge in [0.25, 0.3) is 0 Å². The predicted octanol–water partition coefficient (Wildman–Crippen LogP) is 3.87. The highest BCUT2D eigenvalue weighted by molar-refractivity contribution is 9.09. The Hall–Kier alpha value is -0.600. The third-order valence-corrected chi connectivity index (χ3v) is 2.54. The summed E-state index contributed by atoms with van der Waals surface area (Å²) >= 11 is 9.13. The van der Waals surface area contributed by atoms with Crippen LogP contribution >= 0.6 is 27.5 Å². The predicted molar refractivity (Wildman–Crippen MR) is 59.3 cm³/mol. The maximum atomic E-state index is 5.86. The van der Waals surface area contributed by atoms with E-state index < -0.39 is 0 Å². The van der Waals surface area contributed by atoms with Gasteiger partial charge in [0.05, 0.1) is 11.2 Å². The van der Waals surface area contributed by atoms with Crippen molar-refractivity contribution in [2.45, 2.75) is 4.29 Å². The molecule has 13 heavy (non-hydrogen) atoms. The van der Waals surface area contributed by atoms with Crippen molar-refractivity contribution < 1.29 is 0 Å². The molecule has 1 aromatic carbocycles. The highest BCUT2D eigenvalue weighted by Gasteiger charge is 2.04. The van der Waals surface area contributed by atoms with Crippen molar-refractivity contribution in [1.29, 1.82) is 0 Å². The Morgan fingerprint density at radius 1 is 1.15 bits per heavy atom. The number of para-hydroxylation sites is 1. The monoisotopic (exact) mass is 255 g/mol. The summed E-state index contributed by atoms with van der Waals surface area (Å²) in [5.41, 5.74) is 1.82. The SMILES string of the molecule is ClC(Br)c1ccc2ccccc2n1. The van der Waals surface area contributed by atoms with Gasteiger partial charge < -0.3 is 0 Å². The topological polar surface area (TPSA) is 12.9 Å². The normalized spacial score (nSPS) is 13.1. The van der Waals surface area contributed by atoms with E-state index in [4.69, 9.17) is 11.6 Å². The van der Waals surface area contributed by atoms with Crippen LogP contribution in [0.25, 0.3) is 10.9 Å². The number of fused-ring (bicyclic) bond motifs is 1. The minimum atomic E-state index is -0.211. The summed E-state index contributed by atoms with van der Waals surface area (Å²) < 4.78 is -0.211. The number of rotatable bonds is 1. The molecule has 1 nitrogen and oxygen atoms in total. The molecule has 0 radical (unpaired) electrons. The first-order valence-corrected chi connectivity index (χ1v) is 5.26. The molecule has 66 valence electrons. The van der Waals surface area contributed by atoms with Crippen molar-refractivity contribution in [3.63, 3.8) is 0 Å². The van der Waals surface area contributed by atoms with Crippen LogP contribution in [-0.4, -0.2) is 4.98 Å². The van der Waals surface area contributed by atoms with Crippen LogP contribution in [0.1, 0.15) is 9.98 Å². The third kappa shape index (κ3) is 1.84. The fraction of sp³-hybridized carbons (Fsp3) is 0.100. The van der Waals surface area contributed by atoms with Crippen molar-refractivity contribution in [1.82, 2.24) is 4.98 Å². The molecular formula is C10H7BrClN. The van der Waals surface area contributed by atoms with Gasteiger partial charge in [0.15, 0.2) is 0 Å². The smallest absolute Gasteiger partial charge is 0.130 e. The van der Waals surface area contributed by atoms with Gasteiger partial charge in [-0.15, -0.1) is 11.6 Å². The lowest BCUT2D eigenvalue weighted by atomic mass is 10.2. The standard InChI is InChI=1S/C10H7BrClN/c11-10(12)9-6-5-7-3-1-2-4-8(7)13-9/h1-6,10H. The summed E-state index contributed by atoms with van der Waals surface area (Å²) in [5, 5.41) is 1.14. The van der Waals surface area contributed by atoms with E-state index in [1.165, 1.54) is 0 Å². The first kappa shape index (κ1) is 8.97. The molecule has 0 saturated carbocycles. The van der Waals surface area contributed by atoms with E-state index in [-0.39, 0.29) is 4.29 Å². The molecule has 2 rings (SSSR count). The highest BCUT2D eigenvalue weighted by Crippen LogP contribution is 2.26. The van der Waals surface area contributed by atoms with E-state index in [0.717, 1.165) is 16.6 Å². The van der Waals surface area contributed by atoms with Gasteiger partial charge in [0.1, 0.15) is 4.29 Å². The summed E-state index contributed by atoms with van der Waals surface area (Å²) in [7, 11) is 0. The largest absolute Gasteiger partial charge is 0.250 e. The number of benzene rings is 1. The lowest BCUT2D eigenvalue weighted by molar-refractivity contribution is 1.21. The van der Waals surface area contributed by atoms with Crippen LogP contribution < -0.4 is 0 Å². The molecule has 1 aromatic heterocycles. The number of pyridine rings is 1. The van der Waals surface area contributed by atoms with Gasteiger partial charge in [0, 0.05) is 5.39 Å². The molecular weight excluding hydrogens is 249 g/mol. The van der Waals surface area contributed by atoms with E-state index >= 15 is 0 Å². The van der Waals surface area contributed by atoms with Crippen molar-refractivity contribution in [3.8, 4) is 0 Å². The van der Waals surface area contributed by atoms with Crippen LogP contribution in [0, 0.1) is 0 Å². The van der Waals surface area contributed by atoms with Gasteiger partial charge in [-0.1, -0.05) is 40.2 Å². The average molecular weight is 257 g/mol. The number of hydrogen-bond acceptors (Lipinski definition) is 1. The van der Waals surface area contributed by atoms with Gasteiger partial charge in [0.2, 0.25) is 0 Å². The molecule has 0 aliphatic heterocycles. The zero-order valence-corrected chi connectivity index (χ0v) is 9.09. The Bertz CT molecular complexity index is 428. The Morgan fingerprint density at radius 3 is 2.69 bits per heavy atom. The summed E-state index contributed by atoms with van der Waals surface area (Å²) in [4.78, 5) is 4.40. The van der Waals surface area contributed by atoms with E-state index in [9.17, 15) is 0 Å². The Labute approximate surface area is 89.9 Å². The van der Waals surface area contributed by atoms with Gasteiger partial charge in [-0.2, -0.15) is 0 Å². The van der Waals surface area contributed by atoms with Gasteiger partial charge in [-0.05, 0) is 12.1 Å². The quantitative estimate of drug-likeness (QED) is 0.706. The van der Waals surface area contributed by atoms with Crippen LogP contribution in [0.15, 0.2) is 36.4 Å². The number of nitrogens with zero attached hydrogens (tertiary/aromatic N) is 1. The van der Waals surface area contributed by atoms with Crippen LogP contribution in [0.5, 0.6) is 0 Å². The number of alkyl halides is 2. The van der Waals surface area contributed by atoms with Crippen LogP contribution in [0.3, 0.4) is 0 Å². The highest BCUT2D eigenvalue weighted by atomic mass is 79.9. The number of halogens is 2. The zero-order valence-electron chi connectivity index (χ0n) is 6.74. The molecule has 0 spiro atoms. The number of hydrogen-bond donors (Lipinski definition) is 0. The molecule has 1 unspecified atom stereocenters. The molecule has 0 saturated heterocycles. The summed E-state index contributed by atoms with van der Waals surface area (Å²) in [5.74, 6) is 0. The van der Waals surface area contributed by atoms with Gasteiger partial charge in [-0.25, -0.2) is 0 Å². The Morgan fingerprint density at radius 2 is 1.92 bits per heavy atom. The van der Waals surface area contributed by atoms with E-state index in [1.807, 2.05) is 36.4 Å². The van der Waals surface area contributed by atoms with Gasteiger partial charge in [-0.3, -0.25) is 4.98 Å². The summed E-state index contributed by atoms with van der Waals surface area (Å²) in [6.07, 6.45) is 0. The molecule has 0 aliphatic rings. The van der Waals surface area contributed by atoms with E-state index in [2.05, 4.69) is 20.9 Å².